The van der Waals surface area contributed by atoms with Crippen LogP contribution in [0, 0.1) is 15.9 Å². The van der Waals surface area contributed by atoms with Gasteiger partial charge < -0.3 is 4.90 Å². The zero-order valence-corrected chi connectivity index (χ0v) is 18.1. The number of non-ortho nitro benzene ring substituents is 1. The van der Waals surface area contributed by atoms with E-state index in [1.54, 1.807) is 18.2 Å². The van der Waals surface area contributed by atoms with E-state index >= 15 is 0 Å². The van der Waals surface area contributed by atoms with Gasteiger partial charge in [-0.25, -0.2) is 22.8 Å². The van der Waals surface area contributed by atoms with Crippen molar-refractivity contribution in [1.29, 1.82) is 0 Å². The monoisotopic (exact) mass is 477 g/mol. The highest BCUT2D eigenvalue weighted by molar-refractivity contribution is 7.89. The molecule has 0 N–H and O–H groups in total. The van der Waals surface area contributed by atoms with E-state index in [4.69, 9.17) is 11.6 Å². The predicted octanol–water partition coefficient (Wildman–Crippen LogP) is 3.36. The van der Waals surface area contributed by atoms with E-state index in [9.17, 15) is 22.9 Å². The van der Waals surface area contributed by atoms with Crippen molar-refractivity contribution in [2.24, 2.45) is 0 Å². The third kappa shape index (κ3) is 4.40. The lowest BCUT2D eigenvalue weighted by Gasteiger charge is -2.34. The number of halogens is 2. The fourth-order valence-electron chi connectivity index (χ4n) is 3.40. The lowest BCUT2D eigenvalue weighted by atomic mass is 10.1. The molecule has 2 aromatic carbocycles. The summed E-state index contributed by atoms with van der Waals surface area (Å²) in [6.45, 7) is 1.01. The highest BCUT2D eigenvalue weighted by Crippen LogP contribution is 2.30. The highest BCUT2D eigenvalue weighted by atomic mass is 35.5. The van der Waals surface area contributed by atoms with Gasteiger partial charge in [-0.15, -0.1) is 0 Å². The minimum Gasteiger partial charge on any atom is -0.354 e. The number of rotatable bonds is 5. The maximum atomic E-state index is 13.2. The molecule has 1 fully saturated rings. The quantitative estimate of drug-likeness (QED) is 0.409. The van der Waals surface area contributed by atoms with Gasteiger partial charge in [-0.1, -0.05) is 11.6 Å². The van der Waals surface area contributed by atoms with Gasteiger partial charge in [0, 0.05) is 49.9 Å². The Morgan fingerprint density at radius 2 is 1.69 bits per heavy atom. The molecule has 0 atom stereocenters. The SMILES string of the molecule is O=[N+]([O-])c1ccc(Cl)c(S(=O)(=O)N2CCN(c3cc(-c4ccc(F)cc4)ncn3)CC2)c1. The minimum absolute atomic E-state index is 0.0715. The Bertz CT molecular complexity index is 1270. The molecule has 0 bridgehead atoms. The van der Waals surface area contributed by atoms with Crippen molar-refractivity contribution < 1.29 is 17.7 Å². The zero-order valence-electron chi connectivity index (χ0n) is 16.6. The Morgan fingerprint density at radius 3 is 2.34 bits per heavy atom. The van der Waals surface area contributed by atoms with Crippen molar-refractivity contribution in [2.75, 3.05) is 31.1 Å². The molecule has 0 aliphatic carbocycles. The molecule has 32 heavy (non-hydrogen) atoms. The number of nitro groups is 1. The molecule has 1 saturated heterocycles. The topological polar surface area (TPSA) is 110 Å². The van der Waals surface area contributed by atoms with Gasteiger partial charge in [-0.3, -0.25) is 10.1 Å². The fourth-order valence-corrected chi connectivity index (χ4v) is 5.31. The third-order valence-electron chi connectivity index (χ3n) is 5.10. The summed E-state index contributed by atoms with van der Waals surface area (Å²) in [4.78, 5) is 20.5. The van der Waals surface area contributed by atoms with Gasteiger partial charge in [0.25, 0.3) is 5.69 Å². The molecule has 1 aromatic heterocycles. The number of nitrogens with zero attached hydrogens (tertiary/aromatic N) is 5. The van der Waals surface area contributed by atoms with Gasteiger partial charge in [-0.2, -0.15) is 4.31 Å². The molecule has 3 aromatic rings. The van der Waals surface area contributed by atoms with E-state index in [1.807, 2.05) is 4.90 Å². The molecule has 4 rings (SSSR count). The summed E-state index contributed by atoms with van der Waals surface area (Å²) in [5, 5.41) is 11.0. The molecular weight excluding hydrogens is 461 g/mol. The number of hydrogen-bond donors (Lipinski definition) is 0. The van der Waals surface area contributed by atoms with E-state index in [-0.39, 0.29) is 34.5 Å². The van der Waals surface area contributed by atoms with Crippen LogP contribution in [0.2, 0.25) is 5.02 Å². The minimum atomic E-state index is -4.01. The first kappa shape index (κ1) is 22.1. The van der Waals surface area contributed by atoms with Gasteiger partial charge in [0.2, 0.25) is 10.0 Å². The summed E-state index contributed by atoms with van der Waals surface area (Å²) >= 11 is 6.04. The van der Waals surface area contributed by atoms with Crippen molar-refractivity contribution >= 4 is 33.1 Å². The van der Waals surface area contributed by atoms with Gasteiger partial charge >= 0.3 is 0 Å². The summed E-state index contributed by atoms with van der Waals surface area (Å²) in [6.07, 6.45) is 1.40. The normalized spacial score (nSPS) is 15.0. The smallest absolute Gasteiger partial charge is 0.270 e. The van der Waals surface area contributed by atoms with E-state index in [2.05, 4.69) is 9.97 Å². The van der Waals surface area contributed by atoms with Crippen LogP contribution in [-0.2, 0) is 10.0 Å². The Hall–Kier alpha value is -3.15. The third-order valence-corrected chi connectivity index (χ3v) is 7.48. The predicted molar refractivity (Wildman–Crippen MR) is 117 cm³/mol. The molecular formula is C20H17ClFN5O4S. The number of piperazine rings is 1. The second-order valence-electron chi connectivity index (χ2n) is 7.03. The summed E-state index contributed by atoms with van der Waals surface area (Å²) in [6, 6.07) is 11.0. The first-order valence-electron chi connectivity index (χ1n) is 9.53. The molecule has 0 unspecified atom stereocenters. The van der Waals surface area contributed by atoms with E-state index in [1.165, 1.54) is 28.8 Å². The zero-order chi connectivity index (χ0) is 22.9. The second kappa shape index (κ2) is 8.77. The van der Waals surface area contributed by atoms with Gasteiger partial charge in [-0.05, 0) is 30.3 Å². The number of aromatic nitrogens is 2. The Balaban J connectivity index is 1.51. The van der Waals surface area contributed by atoms with E-state index in [0.717, 1.165) is 17.7 Å². The van der Waals surface area contributed by atoms with E-state index in [0.29, 0.717) is 24.6 Å². The number of sulfonamides is 1. The molecule has 0 saturated carbocycles. The number of nitro benzene ring substituents is 1. The van der Waals surface area contributed by atoms with Crippen LogP contribution in [0.25, 0.3) is 11.3 Å². The van der Waals surface area contributed by atoms with Crippen LogP contribution in [0.5, 0.6) is 0 Å². The molecule has 12 heteroatoms. The first-order chi connectivity index (χ1) is 15.3. The van der Waals surface area contributed by atoms with Crippen molar-refractivity contribution in [3.63, 3.8) is 0 Å². The lowest BCUT2D eigenvalue weighted by molar-refractivity contribution is -0.385. The first-order valence-corrected chi connectivity index (χ1v) is 11.3. The molecule has 0 amide bonds. The van der Waals surface area contributed by atoms with Gasteiger partial charge in [0.15, 0.2) is 0 Å². The molecule has 2 heterocycles. The van der Waals surface area contributed by atoms with Crippen LogP contribution in [0.3, 0.4) is 0 Å². The fraction of sp³-hybridized carbons (Fsp3) is 0.200. The summed E-state index contributed by atoms with van der Waals surface area (Å²) < 4.78 is 40.5. The summed E-state index contributed by atoms with van der Waals surface area (Å²) in [5.41, 5.74) is 1.01. The van der Waals surface area contributed by atoms with Crippen LogP contribution in [0.1, 0.15) is 0 Å². The van der Waals surface area contributed by atoms with Crippen LogP contribution in [0.15, 0.2) is 59.8 Å². The molecule has 0 spiro atoms. The van der Waals surface area contributed by atoms with Crippen molar-refractivity contribution in [1.82, 2.24) is 14.3 Å². The van der Waals surface area contributed by atoms with Crippen molar-refractivity contribution in [3.8, 4) is 11.3 Å². The highest BCUT2D eigenvalue weighted by Gasteiger charge is 2.31. The maximum absolute atomic E-state index is 13.2. The van der Waals surface area contributed by atoms with Gasteiger partial charge in [0.05, 0.1) is 15.6 Å². The average Bonchev–Trinajstić information content (AvgIpc) is 2.80. The lowest BCUT2D eigenvalue weighted by Crippen LogP contribution is -2.49. The summed E-state index contributed by atoms with van der Waals surface area (Å²) in [7, 11) is -4.01. The largest absolute Gasteiger partial charge is 0.354 e. The molecule has 9 nitrogen and oxygen atoms in total. The average molecular weight is 478 g/mol. The molecule has 0 radical (unpaired) electrons. The van der Waals surface area contributed by atoms with E-state index < -0.39 is 14.9 Å². The molecule has 166 valence electrons. The standard InChI is InChI=1S/C20H17ClFN5O4S/c21-17-6-5-16(27(28)29)11-19(17)32(30,31)26-9-7-25(8-10-26)20-12-18(23-13-24-20)14-1-3-15(22)4-2-14/h1-6,11-13H,7-10H2. The van der Waals surface area contributed by atoms with Crippen molar-refractivity contribution in [3.05, 3.63) is 75.8 Å². The Labute approximate surface area is 188 Å². The molecule has 1 aliphatic heterocycles. The van der Waals surface area contributed by atoms with Crippen LogP contribution in [-0.4, -0.2) is 53.8 Å². The van der Waals surface area contributed by atoms with Crippen LogP contribution in [0.4, 0.5) is 15.9 Å². The summed E-state index contributed by atoms with van der Waals surface area (Å²) in [5.74, 6) is 0.272. The maximum Gasteiger partial charge on any atom is 0.270 e. The molecule has 1 aliphatic rings. The number of hydrogen-bond acceptors (Lipinski definition) is 7. The van der Waals surface area contributed by atoms with Crippen molar-refractivity contribution in [2.45, 2.75) is 4.90 Å². The van der Waals surface area contributed by atoms with Gasteiger partial charge in [0.1, 0.15) is 22.9 Å². The second-order valence-corrected chi connectivity index (χ2v) is 9.34. The van der Waals surface area contributed by atoms with Crippen LogP contribution >= 0.6 is 11.6 Å². The Morgan fingerprint density at radius 1 is 1.00 bits per heavy atom. The number of anilines is 1. The number of benzene rings is 2. The Kier molecular flexibility index (Phi) is 6.04. The van der Waals surface area contributed by atoms with Crippen LogP contribution < -0.4 is 4.90 Å².